The Kier molecular flexibility index (Phi) is 5.92. The van der Waals surface area contributed by atoms with Gasteiger partial charge in [0.25, 0.3) is 0 Å². The minimum atomic E-state index is 0.636. The Morgan fingerprint density at radius 3 is 1.84 bits per heavy atom. The smallest absolute Gasteiger partial charge is 0.164 e. The summed E-state index contributed by atoms with van der Waals surface area (Å²) in [5.41, 5.74) is 11.3. The van der Waals surface area contributed by atoms with Crippen LogP contribution >= 0.6 is 0 Å². The minimum absolute atomic E-state index is 0.636. The van der Waals surface area contributed by atoms with Crippen LogP contribution in [0.25, 0.3) is 105 Å². The molecule has 0 N–H and O–H groups in total. The minimum Gasteiger partial charge on any atom is -0.309 e. The first-order valence-corrected chi connectivity index (χ1v) is 17.3. The van der Waals surface area contributed by atoms with Crippen molar-refractivity contribution in [3.63, 3.8) is 0 Å². The quantitative estimate of drug-likeness (QED) is 0.191. The maximum absolute atomic E-state index is 5.22. The molecule has 2 heterocycles. The molecule has 51 heavy (non-hydrogen) atoms. The summed E-state index contributed by atoms with van der Waals surface area (Å²) in [4.78, 5) is 15.5. The van der Waals surface area contributed by atoms with Gasteiger partial charge in [-0.25, -0.2) is 15.0 Å². The Morgan fingerprint density at radius 1 is 0.353 bits per heavy atom. The summed E-state index contributed by atoms with van der Waals surface area (Å²) < 4.78 is 2.39. The molecule has 2 aromatic heterocycles. The fourth-order valence-corrected chi connectivity index (χ4v) is 8.08. The topological polar surface area (TPSA) is 43.6 Å². The number of rotatable bonds is 4. The van der Waals surface area contributed by atoms with E-state index in [0.29, 0.717) is 17.5 Å². The standard InChI is InChI=1S/C47H28N4/c1-2-13-30(14-3-1)45-48-46(50-47(49-45)33-26-31-15-11-22-39-36-19-6-7-20-37(36)41(28-33)43(31)39)32-16-10-17-34(27-32)51-42-23-9-8-21-38(42)40-25-24-29-12-4-5-18-35(29)44(40)51/h1-28H. The van der Waals surface area contributed by atoms with Crippen molar-refractivity contribution in [2.75, 3.05) is 0 Å². The summed E-state index contributed by atoms with van der Waals surface area (Å²) in [6.45, 7) is 0. The summed E-state index contributed by atoms with van der Waals surface area (Å²) in [5.74, 6) is 1.94. The van der Waals surface area contributed by atoms with Crippen LogP contribution in [0.2, 0.25) is 0 Å². The van der Waals surface area contributed by atoms with Crippen LogP contribution in [-0.2, 0) is 0 Å². The molecule has 0 atom stereocenters. The van der Waals surface area contributed by atoms with Gasteiger partial charge in [0.2, 0.25) is 0 Å². The van der Waals surface area contributed by atoms with E-state index in [-0.39, 0.29) is 0 Å². The number of nitrogens with zero attached hydrogens (tertiary/aromatic N) is 4. The van der Waals surface area contributed by atoms with E-state index < -0.39 is 0 Å². The highest BCUT2D eigenvalue weighted by Crippen LogP contribution is 2.48. The summed E-state index contributed by atoms with van der Waals surface area (Å²) in [6.07, 6.45) is 0. The number of para-hydroxylation sites is 1. The lowest BCUT2D eigenvalue weighted by atomic mass is 9.99. The zero-order chi connectivity index (χ0) is 33.5. The van der Waals surface area contributed by atoms with Crippen molar-refractivity contribution in [1.82, 2.24) is 19.5 Å². The lowest BCUT2D eigenvalue weighted by Gasteiger charge is -2.13. The van der Waals surface area contributed by atoms with Crippen LogP contribution in [0.1, 0.15) is 0 Å². The van der Waals surface area contributed by atoms with Gasteiger partial charge in [0, 0.05) is 38.5 Å². The third-order valence-corrected chi connectivity index (χ3v) is 10.3. The molecule has 0 bridgehead atoms. The predicted molar refractivity (Wildman–Crippen MR) is 210 cm³/mol. The maximum Gasteiger partial charge on any atom is 0.164 e. The number of hydrogen-bond acceptors (Lipinski definition) is 3. The van der Waals surface area contributed by atoms with Gasteiger partial charge in [-0.15, -0.1) is 0 Å². The van der Waals surface area contributed by atoms with Crippen LogP contribution in [0.5, 0.6) is 0 Å². The van der Waals surface area contributed by atoms with Gasteiger partial charge in [-0.3, -0.25) is 0 Å². The van der Waals surface area contributed by atoms with Crippen LogP contribution in [-0.4, -0.2) is 19.5 Å². The Balaban J connectivity index is 1.14. The molecule has 4 nitrogen and oxygen atoms in total. The Morgan fingerprint density at radius 2 is 0.980 bits per heavy atom. The van der Waals surface area contributed by atoms with E-state index in [2.05, 4.69) is 156 Å². The van der Waals surface area contributed by atoms with Crippen molar-refractivity contribution in [2.45, 2.75) is 0 Å². The molecule has 4 heteroatoms. The Hall–Kier alpha value is -6.91. The third-order valence-electron chi connectivity index (χ3n) is 10.3. The second-order valence-electron chi connectivity index (χ2n) is 13.2. The fourth-order valence-electron chi connectivity index (χ4n) is 8.08. The van der Waals surface area contributed by atoms with E-state index in [1.807, 2.05) is 18.2 Å². The van der Waals surface area contributed by atoms with E-state index in [1.54, 1.807) is 0 Å². The molecule has 0 fully saturated rings. The van der Waals surface area contributed by atoms with Gasteiger partial charge in [-0.1, -0.05) is 140 Å². The van der Waals surface area contributed by atoms with E-state index in [0.717, 1.165) is 27.9 Å². The highest BCUT2D eigenvalue weighted by Gasteiger charge is 2.23. The van der Waals surface area contributed by atoms with Crippen LogP contribution in [0.15, 0.2) is 170 Å². The highest BCUT2D eigenvalue weighted by atomic mass is 15.0. The molecule has 0 saturated carbocycles. The SMILES string of the molecule is c1ccc(-c2nc(-c3cccc(-n4c5ccccc5c5ccc6ccccc6c54)c3)nc(-c3cc4c5c(cccc5c3)-c3ccccc3-4)n2)cc1. The maximum atomic E-state index is 5.22. The predicted octanol–water partition coefficient (Wildman–Crippen LogP) is 11.9. The van der Waals surface area contributed by atoms with Gasteiger partial charge in [0.1, 0.15) is 0 Å². The van der Waals surface area contributed by atoms with Gasteiger partial charge in [0.15, 0.2) is 17.5 Å². The molecule has 10 aromatic rings. The second kappa shape index (κ2) is 10.8. The zero-order valence-corrected chi connectivity index (χ0v) is 27.5. The third kappa shape index (κ3) is 4.23. The number of aromatic nitrogens is 4. The van der Waals surface area contributed by atoms with Crippen molar-refractivity contribution >= 4 is 43.4 Å². The van der Waals surface area contributed by atoms with Gasteiger partial charge in [-0.05, 0) is 68.7 Å². The van der Waals surface area contributed by atoms with E-state index in [4.69, 9.17) is 15.0 Å². The summed E-state index contributed by atoms with van der Waals surface area (Å²) in [6, 6.07) is 60.3. The van der Waals surface area contributed by atoms with E-state index in [1.165, 1.54) is 60.1 Å². The number of hydrogen-bond donors (Lipinski definition) is 0. The average molecular weight is 649 g/mol. The molecule has 0 aliphatic heterocycles. The molecule has 8 aromatic carbocycles. The normalized spacial score (nSPS) is 11.9. The van der Waals surface area contributed by atoms with Crippen molar-refractivity contribution in [3.05, 3.63) is 170 Å². The molecular weight excluding hydrogens is 621 g/mol. The molecular formula is C47H28N4. The van der Waals surface area contributed by atoms with Gasteiger partial charge < -0.3 is 4.57 Å². The number of benzene rings is 8. The van der Waals surface area contributed by atoms with Crippen LogP contribution in [0, 0.1) is 0 Å². The lowest BCUT2D eigenvalue weighted by molar-refractivity contribution is 1.07. The van der Waals surface area contributed by atoms with Crippen molar-refractivity contribution in [2.24, 2.45) is 0 Å². The molecule has 0 radical (unpaired) electrons. The molecule has 0 amide bonds. The van der Waals surface area contributed by atoms with Crippen molar-refractivity contribution in [3.8, 4) is 62.1 Å². The Bertz CT molecular complexity index is 3030. The fraction of sp³-hybridized carbons (Fsp3) is 0. The molecule has 0 unspecified atom stereocenters. The summed E-state index contributed by atoms with van der Waals surface area (Å²) >= 11 is 0. The lowest BCUT2D eigenvalue weighted by Crippen LogP contribution is -2.01. The second-order valence-corrected chi connectivity index (χ2v) is 13.2. The first-order chi connectivity index (χ1) is 25.3. The van der Waals surface area contributed by atoms with Crippen LogP contribution < -0.4 is 0 Å². The van der Waals surface area contributed by atoms with Gasteiger partial charge >= 0.3 is 0 Å². The summed E-state index contributed by atoms with van der Waals surface area (Å²) in [5, 5.41) is 7.36. The monoisotopic (exact) mass is 648 g/mol. The first-order valence-electron chi connectivity index (χ1n) is 17.3. The largest absolute Gasteiger partial charge is 0.309 e. The summed E-state index contributed by atoms with van der Waals surface area (Å²) in [7, 11) is 0. The van der Waals surface area contributed by atoms with Crippen molar-refractivity contribution in [1.29, 1.82) is 0 Å². The van der Waals surface area contributed by atoms with E-state index in [9.17, 15) is 0 Å². The number of fused-ring (bicyclic) bond motifs is 8. The molecule has 0 spiro atoms. The van der Waals surface area contributed by atoms with Crippen LogP contribution in [0.4, 0.5) is 0 Å². The highest BCUT2D eigenvalue weighted by molar-refractivity contribution is 6.19. The van der Waals surface area contributed by atoms with Gasteiger partial charge in [-0.2, -0.15) is 0 Å². The van der Waals surface area contributed by atoms with Crippen molar-refractivity contribution < 1.29 is 0 Å². The molecule has 0 saturated heterocycles. The van der Waals surface area contributed by atoms with Crippen LogP contribution in [0.3, 0.4) is 0 Å². The molecule has 11 rings (SSSR count). The zero-order valence-electron chi connectivity index (χ0n) is 27.5. The van der Waals surface area contributed by atoms with E-state index >= 15 is 0 Å². The first kappa shape index (κ1) is 28.0. The molecule has 1 aliphatic carbocycles. The molecule has 236 valence electrons. The average Bonchev–Trinajstić information content (AvgIpc) is 3.72. The van der Waals surface area contributed by atoms with Gasteiger partial charge in [0.05, 0.1) is 11.0 Å². The Labute approximate surface area is 294 Å². The molecule has 1 aliphatic rings.